The number of rotatable bonds is 12. The predicted molar refractivity (Wildman–Crippen MR) is 99.0 cm³/mol. The van der Waals surface area contributed by atoms with E-state index < -0.39 is 8.07 Å². The van der Waals surface area contributed by atoms with Gasteiger partial charge in [0.25, 0.3) is 0 Å². The van der Waals surface area contributed by atoms with Gasteiger partial charge in [0.2, 0.25) is 0 Å². The van der Waals surface area contributed by atoms with Gasteiger partial charge in [-0.2, -0.15) is 0 Å². The molecule has 0 unspecified atom stereocenters. The van der Waals surface area contributed by atoms with E-state index in [0.29, 0.717) is 11.8 Å². The highest BCUT2D eigenvalue weighted by Gasteiger charge is 2.43. The van der Waals surface area contributed by atoms with Gasteiger partial charge < -0.3 is 9.47 Å². The molecule has 22 heavy (non-hydrogen) atoms. The van der Waals surface area contributed by atoms with E-state index in [1.165, 1.54) is 64.2 Å². The Kier molecular flexibility index (Phi) is 9.93. The van der Waals surface area contributed by atoms with Gasteiger partial charge in [-0.25, -0.2) is 0 Å². The van der Waals surface area contributed by atoms with Crippen LogP contribution in [0, 0.1) is 0 Å². The molecule has 1 aliphatic rings. The highest BCUT2D eigenvalue weighted by molar-refractivity contribution is 6.77. The van der Waals surface area contributed by atoms with Crippen LogP contribution in [-0.2, 0) is 9.47 Å². The van der Waals surface area contributed by atoms with Gasteiger partial charge in [0, 0.05) is 0 Å². The van der Waals surface area contributed by atoms with Crippen LogP contribution in [0.1, 0.15) is 84.5 Å². The first-order chi connectivity index (χ1) is 10.5. The van der Waals surface area contributed by atoms with Crippen LogP contribution in [0.4, 0.5) is 0 Å². The SMILES string of the molecule is CCCCCCC[C@H]1O[C@H](CCCCCC)[C@@H]([Si](C)(C)C)O1. The second-order valence-electron chi connectivity index (χ2n) is 8.08. The van der Waals surface area contributed by atoms with E-state index in [0.717, 1.165) is 6.42 Å². The lowest BCUT2D eigenvalue weighted by atomic mass is 10.1. The Hall–Kier alpha value is 0.137. The van der Waals surface area contributed by atoms with Crippen molar-refractivity contribution >= 4 is 8.07 Å². The maximum Gasteiger partial charge on any atom is 0.158 e. The molecule has 1 aliphatic heterocycles. The Morgan fingerprint density at radius 3 is 1.82 bits per heavy atom. The normalized spacial score (nSPS) is 25.8. The fraction of sp³-hybridized carbons (Fsp3) is 1.00. The molecular weight excluding hydrogens is 288 g/mol. The minimum absolute atomic E-state index is 0.0783. The van der Waals surface area contributed by atoms with E-state index in [-0.39, 0.29) is 6.29 Å². The quantitative estimate of drug-likeness (QED) is 0.309. The number of hydrogen-bond acceptors (Lipinski definition) is 2. The van der Waals surface area contributed by atoms with Gasteiger partial charge in [-0.15, -0.1) is 0 Å². The molecule has 0 saturated carbocycles. The van der Waals surface area contributed by atoms with Crippen LogP contribution in [-0.4, -0.2) is 26.2 Å². The van der Waals surface area contributed by atoms with Crippen molar-refractivity contribution in [3.05, 3.63) is 0 Å². The molecule has 0 amide bonds. The Morgan fingerprint density at radius 1 is 0.682 bits per heavy atom. The molecule has 0 aromatic heterocycles. The lowest BCUT2D eigenvalue weighted by Crippen LogP contribution is -2.45. The molecule has 0 aromatic carbocycles. The summed E-state index contributed by atoms with van der Waals surface area (Å²) in [6.45, 7) is 11.8. The molecule has 0 bridgehead atoms. The summed E-state index contributed by atoms with van der Waals surface area (Å²) in [4.78, 5) is 0. The Labute approximate surface area is 140 Å². The number of ether oxygens (including phenoxy) is 2. The average Bonchev–Trinajstić information content (AvgIpc) is 2.87. The van der Waals surface area contributed by atoms with Crippen LogP contribution in [0.5, 0.6) is 0 Å². The molecule has 0 aromatic rings. The largest absolute Gasteiger partial charge is 0.350 e. The van der Waals surface area contributed by atoms with E-state index in [1.807, 2.05) is 0 Å². The van der Waals surface area contributed by atoms with Crippen LogP contribution in [0.25, 0.3) is 0 Å². The molecule has 0 aliphatic carbocycles. The smallest absolute Gasteiger partial charge is 0.158 e. The summed E-state index contributed by atoms with van der Waals surface area (Å²) in [5.74, 6) is 0. The number of hydrogen-bond donors (Lipinski definition) is 0. The summed E-state index contributed by atoms with van der Waals surface area (Å²) in [6, 6.07) is 0. The van der Waals surface area contributed by atoms with Crippen LogP contribution >= 0.6 is 0 Å². The molecule has 1 rings (SSSR count). The van der Waals surface area contributed by atoms with Crippen molar-refractivity contribution in [2.45, 2.75) is 122 Å². The minimum Gasteiger partial charge on any atom is -0.350 e. The van der Waals surface area contributed by atoms with E-state index >= 15 is 0 Å². The summed E-state index contributed by atoms with van der Waals surface area (Å²) in [5, 5.41) is 0. The molecule has 3 atom stereocenters. The Bertz CT molecular complexity index is 275. The van der Waals surface area contributed by atoms with E-state index in [2.05, 4.69) is 33.5 Å². The van der Waals surface area contributed by atoms with Crippen molar-refractivity contribution < 1.29 is 9.47 Å². The molecule has 2 nitrogen and oxygen atoms in total. The highest BCUT2D eigenvalue weighted by Crippen LogP contribution is 2.32. The van der Waals surface area contributed by atoms with Crippen LogP contribution in [0.3, 0.4) is 0 Å². The third-order valence-electron chi connectivity index (χ3n) is 4.70. The lowest BCUT2D eigenvalue weighted by molar-refractivity contribution is -0.0674. The summed E-state index contributed by atoms with van der Waals surface area (Å²) >= 11 is 0. The van der Waals surface area contributed by atoms with Gasteiger partial charge in [-0.1, -0.05) is 84.9 Å². The van der Waals surface area contributed by atoms with Crippen LogP contribution < -0.4 is 0 Å². The maximum atomic E-state index is 6.34. The first-order valence-corrected chi connectivity index (χ1v) is 13.4. The van der Waals surface area contributed by atoms with Crippen molar-refractivity contribution in [2.24, 2.45) is 0 Å². The van der Waals surface area contributed by atoms with E-state index in [1.54, 1.807) is 0 Å². The third kappa shape index (κ3) is 7.61. The zero-order chi connectivity index (χ0) is 16.4. The van der Waals surface area contributed by atoms with Gasteiger partial charge in [-0.3, -0.25) is 0 Å². The average molecular weight is 329 g/mol. The minimum atomic E-state index is -1.30. The fourth-order valence-corrected chi connectivity index (χ4v) is 5.27. The van der Waals surface area contributed by atoms with E-state index in [4.69, 9.17) is 9.47 Å². The summed E-state index contributed by atoms with van der Waals surface area (Å²) in [5.41, 5.74) is 0.398. The third-order valence-corrected chi connectivity index (χ3v) is 6.92. The fourth-order valence-electron chi connectivity index (χ4n) is 3.35. The number of unbranched alkanes of at least 4 members (excludes halogenated alkanes) is 7. The second-order valence-corrected chi connectivity index (χ2v) is 13.4. The van der Waals surface area contributed by atoms with Crippen LogP contribution in [0.15, 0.2) is 0 Å². The monoisotopic (exact) mass is 328 g/mol. The maximum absolute atomic E-state index is 6.34. The molecule has 0 spiro atoms. The molecule has 1 fully saturated rings. The molecule has 132 valence electrons. The van der Waals surface area contributed by atoms with Crippen molar-refractivity contribution in [2.75, 3.05) is 0 Å². The Morgan fingerprint density at radius 2 is 1.23 bits per heavy atom. The van der Waals surface area contributed by atoms with Gasteiger partial charge in [0.1, 0.15) is 0 Å². The lowest BCUT2D eigenvalue weighted by Gasteiger charge is -2.27. The van der Waals surface area contributed by atoms with E-state index in [9.17, 15) is 0 Å². The van der Waals surface area contributed by atoms with Gasteiger partial charge in [0.15, 0.2) is 6.29 Å². The zero-order valence-corrected chi connectivity index (χ0v) is 16.8. The first-order valence-electron chi connectivity index (χ1n) is 9.80. The first kappa shape index (κ1) is 20.2. The molecule has 1 saturated heterocycles. The Balaban J connectivity index is 2.35. The molecule has 3 heteroatoms. The molecule has 0 N–H and O–H groups in total. The second kappa shape index (κ2) is 10.8. The highest BCUT2D eigenvalue weighted by atomic mass is 28.3. The van der Waals surface area contributed by atoms with Crippen LogP contribution in [0.2, 0.25) is 19.6 Å². The van der Waals surface area contributed by atoms with Gasteiger partial charge >= 0.3 is 0 Å². The van der Waals surface area contributed by atoms with Crippen molar-refractivity contribution in [3.63, 3.8) is 0 Å². The van der Waals surface area contributed by atoms with Gasteiger partial charge in [-0.05, 0) is 19.3 Å². The topological polar surface area (TPSA) is 18.5 Å². The molecule has 0 radical (unpaired) electrons. The molecule has 1 heterocycles. The van der Waals surface area contributed by atoms with Crippen molar-refractivity contribution in [1.29, 1.82) is 0 Å². The summed E-state index contributed by atoms with van der Waals surface area (Å²) in [6.07, 6.45) is 14.7. The van der Waals surface area contributed by atoms with Crippen molar-refractivity contribution in [1.82, 2.24) is 0 Å². The standard InChI is InChI=1S/C19H40O2Si/c1-6-8-10-12-14-16-18-20-17(15-13-11-9-7-2)19(21-18)22(3,4)5/h17-19H,6-16H2,1-5H3/t17-,18+,19-/m1/s1. The predicted octanol–water partition coefficient (Wildman–Crippen LogP) is 6.30. The summed E-state index contributed by atoms with van der Waals surface area (Å²) < 4.78 is 12.6. The van der Waals surface area contributed by atoms with Gasteiger partial charge in [0.05, 0.1) is 19.9 Å². The zero-order valence-electron chi connectivity index (χ0n) is 15.8. The summed E-state index contributed by atoms with van der Waals surface area (Å²) in [7, 11) is -1.30. The van der Waals surface area contributed by atoms with Crippen molar-refractivity contribution in [3.8, 4) is 0 Å². The molecular formula is C19H40O2Si.